The Labute approximate surface area is 208 Å². The molecule has 3 aromatic rings. The number of esters is 1. The molecule has 0 spiro atoms. The summed E-state index contributed by atoms with van der Waals surface area (Å²) in [6.07, 6.45) is 1.82. The second-order valence-electron chi connectivity index (χ2n) is 7.47. The lowest BCUT2D eigenvalue weighted by molar-refractivity contribution is -0.139. The second-order valence-corrected chi connectivity index (χ2v) is 9.39. The quantitative estimate of drug-likeness (QED) is 0.445. The van der Waals surface area contributed by atoms with Gasteiger partial charge >= 0.3 is 5.97 Å². The number of fused-ring (bicyclic) bond motifs is 1. The average Bonchev–Trinajstić information content (AvgIpc) is 3.13. The topological polar surface area (TPSA) is 79.1 Å². The predicted octanol–water partition coefficient (Wildman–Crippen LogP) is 3.58. The third-order valence-electron chi connectivity index (χ3n) is 5.41. The van der Waals surface area contributed by atoms with Crippen molar-refractivity contribution in [2.45, 2.75) is 19.9 Å². The molecule has 9 heteroatoms. The number of allylic oxidation sites excluding steroid dienone is 1. The molecule has 34 heavy (non-hydrogen) atoms. The first kappa shape index (κ1) is 24.0. The van der Waals surface area contributed by atoms with E-state index >= 15 is 0 Å². The number of aromatic nitrogens is 1. The molecule has 0 N–H and O–H groups in total. The van der Waals surface area contributed by atoms with Crippen molar-refractivity contribution < 1.29 is 19.0 Å². The molecule has 0 amide bonds. The predicted molar refractivity (Wildman–Crippen MR) is 134 cm³/mol. The van der Waals surface area contributed by atoms with Crippen molar-refractivity contribution in [2.75, 3.05) is 20.8 Å². The Kier molecular flexibility index (Phi) is 7.04. The fourth-order valence-corrected chi connectivity index (χ4v) is 5.15. The Morgan fingerprint density at radius 3 is 2.50 bits per heavy atom. The molecular formula is C25H23BrN2O5S. The van der Waals surface area contributed by atoms with Gasteiger partial charge in [0.15, 0.2) is 16.3 Å². The van der Waals surface area contributed by atoms with E-state index in [1.165, 1.54) is 11.3 Å². The highest BCUT2D eigenvalue weighted by Crippen LogP contribution is 2.36. The first-order chi connectivity index (χ1) is 16.4. The third kappa shape index (κ3) is 4.45. The minimum atomic E-state index is -0.720. The van der Waals surface area contributed by atoms with Crippen molar-refractivity contribution in [1.82, 2.24) is 4.57 Å². The summed E-state index contributed by atoms with van der Waals surface area (Å²) >= 11 is 4.71. The molecule has 1 aliphatic heterocycles. The SMILES string of the molecule is CCOC(=O)C1=C(C)N=c2s/c(=C\c3ccc(Br)cc3)c(=O)n2[C@@H]1c1ccc(OC)c(OC)c1. The number of carbonyl (C=O) groups is 1. The van der Waals surface area contributed by atoms with Crippen LogP contribution in [-0.2, 0) is 9.53 Å². The molecule has 0 radical (unpaired) electrons. The molecule has 7 nitrogen and oxygen atoms in total. The zero-order valence-electron chi connectivity index (χ0n) is 19.1. The number of rotatable bonds is 6. The third-order valence-corrected chi connectivity index (χ3v) is 6.92. The van der Waals surface area contributed by atoms with E-state index in [4.69, 9.17) is 14.2 Å². The van der Waals surface area contributed by atoms with Gasteiger partial charge in [-0.25, -0.2) is 9.79 Å². The molecular weight excluding hydrogens is 520 g/mol. The maximum atomic E-state index is 13.6. The molecule has 0 bridgehead atoms. The minimum Gasteiger partial charge on any atom is -0.493 e. The van der Waals surface area contributed by atoms with Crippen LogP contribution in [0.25, 0.3) is 6.08 Å². The van der Waals surface area contributed by atoms with Gasteiger partial charge < -0.3 is 14.2 Å². The summed E-state index contributed by atoms with van der Waals surface area (Å²) in [5.74, 6) is 0.535. The number of benzene rings is 2. The van der Waals surface area contributed by atoms with E-state index in [0.29, 0.717) is 37.7 Å². The van der Waals surface area contributed by atoms with E-state index in [9.17, 15) is 9.59 Å². The van der Waals surface area contributed by atoms with Gasteiger partial charge in [-0.2, -0.15) is 0 Å². The zero-order chi connectivity index (χ0) is 24.4. The van der Waals surface area contributed by atoms with Gasteiger partial charge in [-0.15, -0.1) is 0 Å². The standard InChI is InChI=1S/C25H23BrN2O5S/c1-5-33-24(30)21-14(2)27-25-28(22(21)16-8-11-18(31-3)19(13-16)32-4)23(29)20(34-25)12-15-6-9-17(26)10-7-15/h6-13,22H,5H2,1-4H3/b20-12-/t22-/m1/s1. The summed E-state index contributed by atoms with van der Waals surface area (Å²) < 4.78 is 19.2. The highest BCUT2D eigenvalue weighted by atomic mass is 79.9. The highest BCUT2D eigenvalue weighted by Gasteiger charge is 2.33. The first-order valence-electron chi connectivity index (χ1n) is 10.5. The lowest BCUT2D eigenvalue weighted by Gasteiger charge is -2.25. The fourth-order valence-electron chi connectivity index (χ4n) is 3.84. The molecule has 1 aromatic heterocycles. The Hall–Kier alpha value is -3.17. The van der Waals surface area contributed by atoms with Gasteiger partial charge in [0.1, 0.15) is 0 Å². The number of ether oxygens (including phenoxy) is 3. The van der Waals surface area contributed by atoms with E-state index < -0.39 is 12.0 Å². The molecule has 2 heterocycles. The van der Waals surface area contributed by atoms with Crippen molar-refractivity contribution in [3.05, 3.63) is 89.0 Å². The number of carbonyl (C=O) groups excluding carboxylic acids is 1. The summed E-state index contributed by atoms with van der Waals surface area (Å²) in [6.45, 7) is 3.71. The van der Waals surface area contributed by atoms with Gasteiger partial charge in [0, 0.05) is 4.47 Å². The van der Waals surface area contributed by atoms with Crippen molar-refractivity contribution in [1.29, 1.82) is 0 Å². The molecule has 0 fully saturated rings. The van der Waals surface area contributed by atoms with Crippen LogP contribution in [0.3, 0.4) is 0 Å². The highest BCUT2D eigenvalue weighted by molar-refractivity contribution is 9.10. The molecule has 2 aromatic carbocycles. The van der Waals surface area contributed by atoms with Crippen LogP contribution in [0.1, 0.15) is 31.0 Å². The summed E-state index contributed by atoms with van der Waals surface area (Å²) in [7, 11) is 3.09. The van der Waals surface area contributed by atoms with E-state index in [1.807, 2.05) is 36.4 Å². The van der Waals surface area contributed by atoms with Crippen LogP contribution < -0.4 is 24.4 Å². The lowest BCUT2D eigenvalue weighted by atomic mass is 9.95. The van der Waals surface area contributed by atoms with Crippen LogP contribution >= 0.6 is 27.3 Å². The van der Waals surface area contributed by atoms with E-state index in [1.54, 1.807) is 44.8 Å². The number of thiazole rings is 1. The smallest absolute Gasteiger partial charge is 0.338 e. The Morgan fingerprint density at radius 1 is 1.15 bits per heavy atom. The number of halogens is 1. The van der Waals surface area contributed by atoms with Crippen LogP contribution in [-0.4, -0.2) is 31.4 Å². The van der Waals surface area contributed by atoms with Gasteiger partial charge in [0.25, 0.3) is 5.56 Å². The summed E-state index contributed by atoms with van der Waals surface area (Å²) in [6, 6.07) is 12.3. The van der Waals surface area contributed by atoms with Crippen LogP contribution in [0, 0.1) is 0 Å². The largest absolute Gasteiger partial charge is 0.493 e. The van der Waals surface area contributed by atoms with Crippen LogP contribution in [0.2, 0.25) is 0 Å². The van der Waals surface area contributed by atoms with E-state index in [0.717, 1.165) is 10.0 Å². The van der Waals surface area contributed by atoms with E-state index in [-0.39, 0.29) is 12.2 Å². The molecule has 0 aliphatic carbocycles. The zero-order valence-corrected chi connectivity index (χ0v) is 21.5. The Morgan fingerprint density at radius 2 is 1.85 bits per heavy atom. The first-order valence-corrected chi connectivity index (χ1v) is 12.2. The maximum Gasteiger partial charge on any atom is 0.338 e. The van der Waals surface area contributed by atoms with Gasteiger partial charge in [0.2, 0.25) is 0 Å². The number of hydrogen-bond acceptors (Lipinski definition) is 7. The average molecular weight is 543 g/mol. The molecule has 176 valence electrons. The summed E-state index contributed by atoms with van der Waals surface area (Å²) in [4.78, 5) is 31.7. The summed E-state index contributed by atoms with van der Waals surface area (Å²) in [5, 5.41) is 0. The molecule has 0 saturated carbocycles. The molecule has 1 aliphatic rings. The van der Waals surface area contributed by atoms with Crippen LogP contribution in [0.5, 0.6) is 11.5 Å². The van der Waals surface area contributed by atoms with Gasteiger partial charge in [0.05, 0.1) is 42.7 Å². The van der Waals surface area contributed by atoms with Crippen LogP contribution in [0.15, 0.2) is 68.0 Å². The van der Waals surface area contributed by atoms with Crippen molar-refractivity contribution in [3.63, 3.8) is 0 Å². The molecule has 0 saturated heterocycles. The normalized spacial score (nSPS) is 15.6. The van der Waals surface area contributed by atoms with Crippen molar-refractivity contribution in [2.24, 2.45) is 4.99 Å². The Bertz CT molecular complexity index is 1450. The minimum absolute atomic E-state index is 0.211. The summed E-state index contributed by atoms with van der Waals surface area (Å²) in [5.41, 5.74) is 2.16. The lowest BCUT2D eigenvalue weighted by Crippen LogP contribution is -2.39. The van der Waals surface area contributed by atoms with Crippen LogP contribution in [0.4, 0.5) is 0 Å². The molecule has 4 rings (SSSR count). The monoisotopic (exact) mass is 542 g/mol. The fraction of sp³-hybridized carbons (Fsp3) is 0.240. The van der Waals surface area contributed by atoms with Gasteiger partial charge in [-0.05, 0) is 55.3 Å². The van der Waals surface area contributed by atoms with Crippen molar-refractivity contribution >= 4 is 39.3 Å². The Balaban J connectivity index is 1.96. The molecule has 1 atom stereocenters. The van der Waals surface area contributed by atoms with Gasteiger partial charge in [-0.1, -0.05) is 45.5 Å². The van der Waals surface area contributed by atoms with E-state index in [2.05, 4.69) is 20.9 Å². The van der Waals surface area contributed by atoms with Crippen molar-refractivity contribution in [3.8, 4) is 11.5 Å². The molecule has 0 unspecified atom stereocenters. The second kappa shape index (κ2) is 9.99. The maximum absolute atomic E-state index is 13.6. The number of hydrogen-bond donors (Lipinski definition) is 0. The number of methoxy groups -OCH3 is 2. The van der Waals surface area contributed by atoms with Gasteiger partial charge in [-0.3, -0.25) is 9.36 Å². The number of nitrogens with zero attached hydrogens (tertiary/aromatic N) is 2.